The Labute approximate surface area is 192 Å². The van der Waals surface area contributed by atoms with Gasteiger partial charge in [-0.2, -0.15) is 0 Å². The summed E-state index contributed by atoms with van der Waals surface area (Å²) in [6.07, 6.45) is 2.11. The monoisotopic (exact) mass is 454 g/mol. The maximum absolute atomic E-state index is 13.4. The number of rotatable bonds is 10. The fourth-order valence-corrected chi connectivity index (χ4v) is 4.08. The predicted molar refractivity (Wildman–Crippen MR) is 125 cm³/mol. The summed E-state index contributed by atoms with van der Waals surface area (Å²) < 4.78 is 1.92. The average molecular weight is 455 g/mol. The van der Waals surface area contributed by atoms with Crippen LogP contribution in [0.4, 0.5) is 0 Å². The largest absolute Gasteiger partial charge is 0.481 e. The molecule has 2 N–H and O–H groups in total. The van der Waals surface area contributed by atoms with Crippen LogP contribution in [0.5, 0.6) is 0 Å². The van der Waals surface area contributed by atoms with Gasteiger partial charge in [0.25, 0.3) is 5.91 Å². The van der Waals surface area contributed by atoms with Gasteiger partial charge in [0.2, 0.25) is 0 Å². The predicted octanol–water partition coefficient (Wildman–Crippen LogP) is 4.88. The van der Waals surface area contributed by atoms with Gasteiger partial charge in [0, 0.05) is 41.0 Å². The molecule has 32 heavy (non-hydrogen) atoms. The van der Waals surface area contributed by atoms with Gasteiger partial charge in [0.05, 0.1) is 12.1 Å². The van der Waals surface area contributed by atoms with Crippen molar-refractivity contribution in [1.29, 1.82) is 0 Å². The maximum atomic E-state index is 13.4. The van der Waals surface area contributed by atoms with Crippen LogP contribution in [0, 0.1) is 5.92 Å². The SMILES string of the molecule is CCCC(Cc1ccc(C(=O)NCCC(=O)O)cc1)C(=O)c1cc2cc(Cl)ccc2n1C. The van der Waals surface area contributed by atoms with Crippen LogP contribution in [0.1, 0.15) is 52.6 Å². The number of carbonyl (C=O) groups excluding carboxylic acids is 2. The van der Waals surface area contributed by atoms with Crippen LogP contribution in [-0.4, -0.2) is 33.9 Å². The molecule has 0 radical (unpaired) electrons. The van der Waals surface area contributed by atoms with Gasteiger partial charge in [-0.15, -0.1) is 0 Å². The number of nitrogens with zero attached hydrogens (tertiary/aromatic N) is 1. The van der Waals surface area contributed by atoms with E-state index < -0.39 is 5.97 Å². The summed E-state index contributed by atoms with van der Waals surface area (Å²) in [4.78, 5) is 36.1. The number of nitrogens with one attached hydrogen (secondary N) is 1. The summed E-state index contributed by atoms with van der Waals surface area (Å²) in [5.74, 6) is -1.35. The number of aromatic nitrogens is 1. The molecule has 1 atom stereocenters. The first kappa shape index (κ1) is 23.5. The number of carbonyl (C=O) groups is 3. The zero-order chi connectivity index (χ0) is 23.3. The summed E-state index contributed by atoms with van der Waals surface area (Å²) in [6.45, 7) is 2.14. The van der Waals surface area contributed by atoms with Crippen molar-refractivity contribution in [2.75, 3.05) is 6.54 Å². The Balaban J connectivity index is 1.74. The van der Waals surface area contributed by atoms with Gasteiger partial charge in [-0.3, -0.25) is 14.4 Å². The summed E-state index contributed by atoms with van der Waals surface area (Å²) >= 11 is 6.11. The molecule has 0 spiro atoms. The first-order valence-corrected chi connectivity index (χ1v) is 11.1. The average Bonchev–Trinajstić information content (AvgIpc) is 3.08. The molecule has 1 amide bonds. The van der Waals surface area contributed by atoms with Crippen molar-refractivity contribution in [3.63, 3.8) is 0 Å². The molecule has 0 aliphatic rings. The first-order chi connectivity index (χ1) is 15.3. The van der Waals surface area contributed by atoms with Crippen molar-refractivity contribution in [1.82, 2.24) is 9.88 Å². The van der Waals surface area contributed by atoms with Crippen LogP contribution in [0.2, 0.25) is 5.02 Å². The highest BCUT2D eigenvalue weighted by molar-refractivity contribution is 6.31. The first-order valence-electron chi connectivity index (χ1n) is 10.7. The minimum Gasteiger partial charge on any atom is -0.481 e. The Bertz CT molecular complexity index is 1130. The lowest BCUT2D eigenvalue weighted by Crippen LogP contribution is -2.26. The smallest absolute Gasteiger partial charge is 0.305 e. The fourth-order valence-electron chi connectivity index (χ4n) is 3.90. The Kier molecular flexibility index (Phi) is 7.70. The van der Waals surface area contributed by atoms with Gasteiger partial charge < -0.3 is 15.0 Å². The molecule has 168 valence electrons. The van der Waals surface area contributed by atoms with Crippen molar-refractivity contribution in [2.24, 2.45) is 13.0 Å². The number of halogens is 1. The van der Waals surface area contributed by atoms with E-state index in [1.54, 1.807) is 12.1 Å². The molecular formula is C25H27ClN2O4. The third kappa shape index (κ3) is 5.56. The minimum absolute atomic E-state index is 0.0826. The van der Waals surface area contributed by atoms with Crippen LogP contribution >= 0.6 is 11.6 Å². The molecule has 2 aromatic carbocycles. The molecule has 0 aliphatic carbocycles. The third-order valence-corrected chi connectivity index (χ3v) is 5.82. The molecule has 3 rings (SSSR count). The molecule has 6 nitrogen and oxygen atoms in total. The number of benzene rings is 2. The van der Waals surface area contributed by atoms with Crippen molar-refractivity contribution in [3.05, 3.63) is 70.4 Å². The van der Waals surface area contributed by atoms with Crippen LogP contribution in [0.25, 0.3) is 10.9 Å². The van der Waals surface area contributed by atoms with Gasteiger partial charge in [-0.25, -0.2) is 0 Å². The maximum Gasteiger partial charge on any atom is 0.305 e. The summed E-state index contributed by atoms with van der Waals surface area (Å²) in [5, 5.41) is 12.8. The lowest BCUT2D eigenvalue weighted by molar-refractivity contribution is -0.136. The highest BCUT2D eigenvalue weighted by atomic mass is 35.5. The van der Waals surface area contributed by atoms with Gasteiger partial charge >= 0.3 is 5.97 Å². The van der Waals surface area contributed by atoms with E-state index in [1.807, 2.05) is 48.0 Å². The second kappa shape index (κ2) is 10.5. The zero-order valence-corrected chi connectivity index (χ0v) is 19.0. The van der Waals surface area contributed by atoms with Crippen molar-refractivity contribution >= 4 is 40.2 Å². The van der Waals surface area contributed by atoms with Crippen molar-refractivity contribution < 1.29 is 19.5 Å². The van der Waals surface area contributed by atoms with E-state index in [1.165, 1.54) is 0 Å². The van der Waals surface area contributed by atoms with Gasteiger partial charge in [-0.1, -0.05) is 37.1 Å². The number of Topliss-reactive ketones (excluding diaryl/α,β-unsaturated/α-hetero) is 1. The number of ketones is 1. The molecule has 0 aliphatic heterocycles. The second-order valence-corrected chi connectivity index (χ2v) is 8.38. The van der Waals surface area contributed by atoms with Crippen molar-refractivity contribution in [3.8, 4) is 0 Å². The van der Waals surface area contributed by atoms with E-state index >= 15 is 0 Å². The number of fused-ring (bicyclic) bond motifs is 1. The van der Waals surface area contributed by atoms with E-state index in [-0.39, 0.29) is 30.6 Å². The second-order valence-electron chi connectivity index (χ2n) is 7.94. The van der Waals surface area contributed by atoms with E-state index in [0.29, 0.717) is 22.7 Å². The summed E-state index contributed by atoms with van der Waals surface area (Å²) in [5.41, 5.74) is 3.06. The highest BCUT2D eigenvalue weighted by Gasteiger charge is 2.23. The Morgan fingerprint density at radius 1 is 1.09 bits per heavy atom. The van der Waals surface area contributed by atoms with Gasteiger partial charge in [-0.05, 0) is 54.8 Å². The van der Waals surface area contributed by atoms with Gasteiger partial charge in [0.1, 0.15) is 0 Å². The molecule has 0 saturated heterocycles. The van der Waals surface area contributed by atoms with Crippen molar-refractivity contribution in [2.45, 2.75) is 32.6 Å². The topological polar surface area (TPSA) is 88.4 Å². The minimum atomic E-state index is -0.957. The van der Waals surface area contributed by atoms with E-state index in [9.17, 15) is 14.4 Å². The Morgan fingerprint density at radius 2 is 1.81 bits per heavy atom. The fraction of sp³-hybridized carbons (Fsp3) is 0.320. The van der Waals surface area contributed by atoms with Crippen LogP contribution in [0.3, 0.4) is 0 Å². The number of aryl methyl sites for hydroxylation is 1. The van der Waals surface area contributed by atoms with Gasteiger partial charge in [0.15, 0.2) is 5.78 Å². The molecule has 0 saturated carbocycles. The molecule has 0 fully saturated rings. The molecule has 3 aromatic rings. The number of hydrogen-bond acceptors (Lipinski definition) is 3. The van der Waals surface area contributed by atoms with Crippen LogP contribution in [-0.2, 0) is 18.3 Å². The molecule has 7 heteroatoms. The highest BCUT2D eigenvalue weighted by Crippen LogP contribution is 2.26. The number of carboxylic acids is 1. The molecule has 0 bridgehead atoms. The normalized spacial score (nSPS) is 12.0. The van der Waals surface area contributed by atoms with E-state index in [2.05, 4.69) is 12.2 Å². The van der Waals surface area contributed by atoms with E-state index in [4.69, 9.17) is 16.7 Å². The Hall–Kier alpha value is -3.12. The number of carboxylic acid groups (broad SMARTS) is 1. The molecule has 1 heterocycles. The third-order valence-electron chi connectivity index (χ3n) is 5.59. The lowest BCUT2D eigenvalue weighted by atomic mass is 9.89. The standard InChI is InChI=1S/C25H27ClN2O4/c1-3-4-18(24(31)22-15-19-14-20(26)9-10-21(19)28(22)2)13-16-5-7-17(8-6-16)25(32)27-12-11-23(29)30/h5-10,14-15,18H,3-4,11-13H2,1-2H3,(H,27,32)(H,29,30). The zero-order valence-electron chi connectivity index (χ0n) is 18.2. The molecule has 1 unspecified atom stereocenters. The number of hydrogen-bond donors (Lipinski definition) is 2. The van der Waals surface area contributed by atoms with E-state index in [0.717, 1.165) is 29.3 Å². The molecule has 1 aromatic heterocycles. The molecular weight excluding hydrogens is 428 g/mol. The lowest BCUT2D eigenvalue weighted by Gasteiger charge is -2.16. The van der Waals surface area contributed by atoms with Crippen LogP contribution < -0.4 is 5.32 Å². The van der Waals surface area contributed by atoms with Crippen LogP contribution in [0.15, 0.2) is 48.5 Å². The summed E-state index contributed by atoms with van der Waals surface area (Å²) in [7, 11) is 1.89. The quantitative estimate of drug-likeness (QED) is 0.427. The number of amides is 1. The number of aliphatic carboxylic acids is 1. The summed E-state index contributed by atoms with van der Waals surface area (Å²) in [6, 6.07) is 14.6. The Morgan fingerprint density at radius 3 is 2.47 bits per heavy atom.